The lowest BCUT2D eigenvalue weighted by Crippen LogP contribution is -2.30. The zero-order valence-electron chi connectivity index (χ0n) is 11.2. The summed E-state index contributed by atoms with van der Waals surface area (Å²) >= 11 is 5.53. The van der Waals surface area contributed by atoms with Crippen LogP contribution in [-0.4, -0.2) is 36.9 Å². The maximum Gasteiger partial charge on any atom is 0.223 e. The van der Waals surface area contributed by atoms with Crippen molar-refractivity contribution in [3.05, 3.63) is 29.3 Å². The molecule has 0 spiro atoms. The zero-order chi connectivity index (χ0) is 13.5. The number of carbonyl (C=O) groups excluding carboxylic acids is 1. The van der Waals surface area contributed by atoms with Crippen molar-refractivity contribution in [2.24, 2.45) is 0 Å². The molecule has 4 heteroatoms. The van der Waals surface area contributed by atoms with Crippen LogP contribution in [0.15, 0.2) is 18.2 Å². The van der Waals surface area contributed by atoms with Gasteiger partial charge >= 0.3 is 0 Å². The normalized spacial score (nSPS) is 10.2. The number of hydrogen-bond donors (Lipinski definition) is 0. The van der Waals surface area contributed by atoms with Crippen molar-refractivity contribution in [3.63, 3.8) is 0 Å². The summed E-state index contributed by atoms with van der Waals surface area (Å²) in [7, 11) is 1.76. The van der Waals surface area contributed by atoms with Gasteiger partial charge in [0.15, 0.2) is 0 Å². The predicted molar refractivity (Wildman–Crippen MR) is 74.4 cm³/mol. The summed E-state index contributed by atoms with van der Waals surface area (Å²) in [4.78, 5) is 13.1. The topological polar surface area (TPSA) is 29.5 Å². The van der Waals surface area contributed by atoms with Gasteiger partial charge in [-0.15, -0.1) is 11.6 Å². The highest BCUT2D eigenvalue weighted by atomic mass is 35.5. The molecule has 1 aromatic rings. The number of benzene rings is 1. The molecule has 1 aromatic carbocycles. The van der Waals surface area contributed by atoms with Crippen LogP contribution in [0.25, 0.3) is 0 Å². The molecular weight excluding hydrogens is 250 g/mol. The first-order valence-corrected chi connectivity index (χ1v) is 6.57. The summed E-state index contributed by atoms with van der Waals surface area (Å²) in [6.45, 7) is 5.14. The molecule has 0 radical (unpaired) electrons. The van der Waals surface area contributed by atoms with Crippen LogP contribution in [0.2, 0.25) is 0 Å². The Labute approximate surface area is 114 Å². The first kappa shape index (κ1) is 14.8. The third kappa shape index (κ3) is 4.96. The summed E-state index contributed by atoms with van der Waals surface area (Å²) < 4.78 is 5.64. The summed E-state index contributed by atoms with van der Waals surface area (Å²) in [6, 6.07) is 6.09. The van der Waals surface area contributed by atoms with E-state index in [-0.39, 0.29) is 5.91 Å². The molecule has 0 fully saturated rings. The van der Waals surface area contributed by atoms with E-state index in [1.54, 1.807) is 11.9 Å². The molecule has 1 rings (SSSR count). The number of likely N-dealkylation sites (N-methyl/N-ethyl adjacent to an activating group) is 1. The van der Waals surface area contributed by atoms with Crippen LogP contribution in [0.4, 0.5) is 0 Å². The fourth-order valence-corrected chi connectivity index (χ4v) is 1.87. The second-order valence-electron chi connectivity index (χ2n) is 4.43. The van der Waals surface area contributed by atoms with E-state index in [4.69, 9.17) is 16.3 Å². The molecule has 0 heterocycles. The van der Waals surface area contributed by atoms with Gasteiger partial charge in [-0.3, -0.25) is 4.79 Å². The van der Waals surface area contributed by atoms with Gasteiger partial charge in [-0.2, -0.15) is 0 Å². The molecule has 100 valence electrons. The number of aryl methyl sites for hydroxylation is 2. The number of hydrogen-bond acceptors (Lipinski definition) is 2. The van der Waals surface area contributed by atoms with E-state index in [9.17, 15) is 4.79 Å². The molecule has 0 unspecified atom stereocenters. The van der Waals surface area contributed by atoms with Crippen LogP contribution in [-0.2, 0) is 4.79 Å². The van der Waals surface area contributed by atoms with Gasteiger partial charge < -0.3 is 9.64 Å². The van der Waals surface area contributed by atoms with E-state index < -0.39 is 0 Å². The lowest BCUT2D eigenvalue weighted by Gasteiger charge is -2.17. The van der Waals surface area contributed by atoms with Crippen LogP contribution in [0.1, 0.15) is 17.5 Å². The van der Waals surface area contributed by atoms with Crippen LogP contribution in [0.3, 0.4) is 0 Å². The van der Waals surface area contributed by atoms with Crippen LogP contribution < -0.4 is 4.74 Å². The van der Waals surface area contributed by atoms with Gasteiger partial charge in [-0.25, -0.2) is 0 Å². The van der Waals surface area contributed by atoms with E-state index in [1.165, 1.54) is 11.1 Å². The SMILES string of the molecule is Cc1cc(C)cc(OCCN(C)C(=O)CCCl)c1. The van der Waals surface area contributed by atoms with Crippen LogP contribution in [0, 0.1) is 13.8 Å². The number of alkyl halides is 1. The number of ether oxygens (including phenoxy) is 1. The van der Waals surface area contributed by atoms with E-state index in [2.05, 4.69) is 6.07 Å². The smallest absolute Gasteiger partial charge is 0.223 e. The Kier molecular flexibility index (Phi) is 5.99. The zero-order valence-corrected chi connectivity index (χ0v) is 12.0. The largest absolute Gasteiger partial charge is 0.492 e. The third-order valence-corrected chi connectivity index (χ3v) is 2.81. The molecule has 0 N–H and O–H groups in total. The Balaban J connectivity index is 2.39. The van der Waals surface area contributed by atoms with E-state index in [1.807, 2.05) is 26.0 Å². The van der Waals surface area contributed by atoms with Crippen molar-refractivity contribution in [2.45, 2.75) is 20.3 Å². The first-order valence-electron chi connectivity index (χ1n) is 6.04. The van der Waals surface area contributed by atoms with Gasteiger partial charge in [0, 0.05) is 19.3 Å². The van der Waals surface area contributed by atoms with Gasteiger partial charge in [-0.05, 0) is 37.1 Å². The molecule has 0 saturated carbocycles. The Hall–Kier alpha value is -1.22. The molecule has 3 nitrogen and oxygen atoms in total. The third-order valence-electron chi connectivity index (χ3n) is 2.62. The molecule has 0 aliphatic carbocycles. The van der Waals surface area contributed by atoms with Crippen LogP contribution in [0.5, 0.6) is 5.75 Å². The van der Waals surface area contributed by atoms with Crippen molar-refractivity contribution in [1.82, 2.24) is 4.90 Å². The highest BCUT2D eigenvalue weighted by molar-refractivity contribution is 6.18. The molecule has 0 saturated heterocycles. The maximum atomic E-state index is 11.5. The average Bonchev–Trinajstić information content (AvgIpc) is 2.27. The average molecular weight is 270 g/mol. The molecular formula is C14H20ClNO2. The Bertz CT molecular complexity index is 387. The molecule has 0 aromatic heterocycles. The summed E-state index contributed by atoms with van der Waals surface area (Å²) in [5, 5.41) is 0. The van der Waals surface area contributed by atoms with Crippen LogP contribution >= 0.6 is 11.6 Å². The van der Waals surface area contributed by atoms with E-state index >= 15 is 0 Å². The second-order valence-corrected chi connectivity index (χ2v) is 4.80. The summed E-state index contributed by atoms with van der Waals surface area (Å²) in [5.41, 5.74) is 2.35. The fraction of sp³-hybridized carbons (Fsp3) is 0.500. The number of nitrogens with zero attached hydrogens (tertiary/aromatic N) is 1. The minimum Gasteiger partial charge on any atom is -0.492 e. The monoisotopic (exact) mass is 269 g/mol. The standard InChI is InChI=1S/C14H20ClNO2/c1-11-8-12(2)10-13(9-11)18-7-6-16(3)14(17)4-5-15/h8-10H,4-7H2,1-3H3. The first-order chi connectivity index (χ1) is 8.52. The van der Waals surface area contributed by atoms with E-state index in [0.29, 0.717) is 25.5 Å². The predicted octanol–water partition coefficient (Wildman–Crippen LogP) is 2.77. The van der Waals surface area contributed by atoms with Crippen molar-refractivity contribution < 1.29 is 9.53 Å². The molecule has 1 amide bonds. The van der Waals surface area contributed by atoms with Gasteiger partial charge in [0.25, 0.3) is 0 Å². The number of halogens is 1. The quantitative estimate of drug-likeness (QED) is 0.743. The lowest BCUT2D eigenvalue weighted by molar-refractivity contribution is -0.129. The number of carbonyl (C=O) groups is 1. The van der Waals surface area contributed by atoms with Gasteiger partial charge in [0.05, 0.1) is 6.54 Å². The summed E-state index contributed by atoms with van der Waals surface area (Å²) in [5.74, 6) is 1.26. The minimum atomic E-state index is 0.0500. The highest BCUT2D eigenvalue weighted by Gasteiger charge is 2.07. The minimum absolute atomic E-state index is 0.0500. The Morgan fingerprint density at radius 1 is 1.28 bits per heavy atom. The maximum absolute atomic E-state index is 11.5. The van der Waals surface area contributed by atoms with E-state index in [0.717, 1.165) is 5.75 Å². The molecule has 0 aliphatic rings. The fourth-order valence-electron chi connectivity index (χ4n) is 1.71. The van der Waals surface area contributed by atoms with Gasteiger partial charge in [0.1, 0.15) is 12.4 Å². The highest BCUT2D eigenvalue weighted by Crippen LogP contribution is 2.15. The van der Waals surface area contributed by atoms with Crippen molar-refractivity contribution >= 4 is 17.5 Å². The second kappa shape index (κ2) is 7.27. The van der Waals surface area contributed by atoms with Crippen molar-refractivity contribution in [1.29, 1.82) is 0 Å². The molecule has 0 bridgehead atoms. The summed E-state index contributed by atoms with van der Waals surface area (Å²) in [6.07, 6.45) is 0.377. The van der Waals surface area contributed by atoms with Crippen molar-refractivity contribution in [2.75, 3.05) is 26.1 Å². The number of rotatable bonds is 6. The van der Waals surface area contributed by atoms with Gasteiger partial charge in [-0.1, -0.05) is 6.07 Å². The van der Waals surface area contributed by atoms with Gasteiger partial charge in [0.2, 0.25) is 5.91 Å². The molecule has 0 aliphatic heterocycles. The molecule has 18 heavy (non-hydrogen) atoms. The Morgan fingerprint density at radius 2 is 1.89 bits per heavy atom. The lowest BCUT2D eigenvalue weighted by atomic mass is 10.1. The van der Waals surface area contributed by atoms with Crippen molar-refractivity contribution in [3.8, 4) is 5.75 Å². The Morgan fingerprint density at radius 3 is 2.44 bits per heavy atom. The molecule has 0 atom stereocenters. The number of amides is 1.